The molecule has 1 atom stereocenters. The van der Waals surface area contributed by atoms with Crippen molar-refractivity contribution in [2.45, 2.75) is 45.7 Å². The van der Waals surface area contributed by atoms with Crippen molar-refractivity contribution in [1.29, 1.82) is 0 Å². The third kappa shape index (κ3) is 2.12. The zero-order valence-electron chi connectivity index (χ0n) is 12.3. The van der Waals surface area contributed by atoms with Crippen LogP contribution < -0.4 is 5.32 Å². The second kappa shape index (κ2) is 5.00. The fourth-order valence-electron chi connectivity index (χ4n) is 3.29. The maximum Gasteiger partial charge on any atom is 0.194 e. The van der Waals surface area contributed by atoms with Gasteiger partial charge < -0.3 is 9.73 Å². The summed E-state index contributed by atoms with van der Waals surface area (Å²) >= 11 is 1.71. The number of thiazole rings is 1. The summed E-state index contributed by atoms with van der Waals surface area (Å²) < 4.78 is 7.84. The minimum absolute atomic E-state index is 0.399. The molecule has 0 aliphatic heterocycles. The van der Waals surface area contributed by atoms with E-state index in [4.69, 9.17) is 4.42 Å². The predicted molar refractivity (Wildman–Crippen MR) is 83.8 cm³/mol. The fourth-order valence-corrected chi connectivity index (χ4v) is 4.22. The second-order valence-electron chi connectivity index (χ2n) is 5.76. The lowest BCUT2D eigenvalue weighted by atomic mass is 9.93. The van der Waals surface area contributed by atoms with Gasteiger partial charge in [-0.05, 0) is 32.8 Å². The standard InChI is InChI=1S/C16H19N3OS/c1-10-9-21-16-18-11(2)14(19(10)16)8-17-13-4-3-5-15-12(13)6-7-20-15/h6-7,9,13,17H,3-5,8H2,1-2H3. The molecule has 0 fully saturated rings. The van der Waals surface area contributed by atoms with Gasteiger partial charge in [0.2, 0.25) is 0 Å². The molecule has 3 aromatic heterocycles. The van der Waals surface area contributed by atoms with Crippen molar-refractivity contribution >= 4 is 16.3 Å². The fraction of sp³-hybridized carbons (Fsp3) is 0.438. The number of imidazole rings is 1. The summed E-state index contributed by atoms with van der Waals surface area (Å²) in [6.07, 6.45) is 5.25. The van der Waals surface area contributed by atoms with Gasteiger partial charge in [-0.2, -0.15) is 0 Å². The molecule has 3 heterocycles. The van der Waals surface area contributed by atoms with Crippen LogP contribution in [0, 0.1) is 13.8 Å². The topological polar surface area (TPSA) is 42.5 Å². The van der Waals surface area contributed by atoms with E-state index < -0.39 is 0 Å². The number of hydrogen-bond donors (Lipinski definition) is 1. The zero-order valence-corrected chi connectivity index (χ0v) is 13.2. The van der Waals surface area contributed by atoms with Gasteiger partial charge in [0.1, 0.15) is 5.76 Å². The number of nitrogens with one attached hydrogen (secondary N) is 1. The second-order valence-corrected chi connectivity index (χ2v) is 6.60. The van der Waals surface area contributed by atoms with Crippen LogP contribution in [0.5, 0.6) is 0 Å². The zero-order chi connectivity index (χ0) is 14.4. The van der Waals surface area contributed by atoms with Crippen LogP contribution in [0.15, 0.2) is 22.1 Å². The number of hydrogen-bond acceptors (Lipinski definition) is 4. The first-order valence-corrected chi connectivity index (χ1v) is 8.33. The molecule has 0 saturated heterocycles. The van der Waals surface area contributed by atoms with E-state index in [9.17, 15) is 0 Å². The van der Waals surface area contributed by atoms with Gasteiger partial charge in [-0.3, -0.25) is 4.40 Å². The molecule has 0 bridgehead atoms. The third-order valence-corrected chi connectivity index (χ3v) is 5.34. The Morgan fingerprint density at radius 2 is 2.38 bits per heavy atom. The average molecular weight is 301 g/mol. The van der Waals surface area contributed by atoms with E-state index >= 15 is 0 Å². The summed E-state index contributed by atoms with van der Waals surface area (Å²) in [5.74, 6) is 1.15. The van der Waals surface area contributed by atoms with Crippen LogP contribution in [0.25, 0.3) is 4.96 Å². The highest BCUT2D eigenvalue weighted by atomic mass is 32.1. The van der Waals surface area contributed by atoms with Crippen LogP contribution in [-0.2, 0) is 13.0 Å². The third-order valence-electron chi connectivity index (χ3n) is 4.40. The van der Waals surface area contributed by atoms with E-state index in [0.29, 0.717) is 6.04 Å². The minimum atomic E-state index is 0.399. The number of rotatable bonds is 3. The van der Waals surface area contributed by atoms with Gasteiger partial charge in [-0.25, -0.2) is 4.98 Å². The van der Waals surface area contributed by atoms with Gasteiger partial charge in [-0.1, -0.05) is 0 Å². The first-order valence-electron chi connectivity index (χ1n) is 7.45. The highest BCUT2D eigenvalue weighted by Crippen LogP contribution is 2.31. The first kappa shape index (κ1) is 13.1. The lowest BCUT2D eigenvalue weighted by molar-refractivity contribution is 0.409. The predicted octanol–water partition coefficient (Wildman–Crippen LogP) is 3.77. The highest BCUT2D eigenvalue weighted by Gasteiger charge is 2.23. The molecule has 110 valence electrons. The summed E-state index contributed by atoms with van der Waals surface area (Å²) in [5.41, 5.74) is 5.00. The van der Waals surface area contributed by atoms with E-state index in [1.54, 1.807) is 11.3 Å². The molecule has 1 aliphatic rings. The van der Waals surface area contributed by atoms with Crippen molar-refractivity contribution in [3.8, 4) is 0 Å². The Bertz CT molecular complexity index is 783. The van der Waals surface area contributed by atoms with E-state index in [1.165, 1.54) is 29.8 Å². The summed E-state index contributed by atoms with van der Waals surface area (Å²) in [5, 5.41) is 5.87. The lowest BCUT2D eigenvalue weighted by Crippen LogP contribution is -2.25. The van der Waals surface area contributed by atoms with Crippen LogP contribution in [0.3, 0.4) is 0 Å². The van der Waals surface area contributed by atoms with Gasteiger partial charge in [0.05, 0.1) is 17.7 Å². The van der Waals surface area contributed by atoms with Gasteiger partial charge in [0, 0.05) is 35.6 Å². The lowest BCUT2D eigenvalue weighted by Gasteiger charge is -2.22. The van der Waals surface area contributed by atoms with Crippen LogP contribution >= 0.6 is 11.3 Å². The summed E-state index contributed by atoms with van der Waals surface area (Å²) in [6.45, 7) is 5.09. The van der Waals surface area contributed by atoms with Crippen molar-refractivity contribution in [2.24, 2.45) is 0 Å². The Morgan fingerprint density at radius 3 is 3.29 bits per heavy atom. The number of furan rings is 1. The smallest absolute Gasteiger partial charge is 0.194 e. The number of fused-ring (bicyclic) bond motifs is 2. The minimum Gasteiger partial charge on any atom is -0.469 e. The van der Waals surface area contributed by atoms with Crippen molar-refractivity contribution in [2.75, 3.05) is 0 Å². The van der Waals surface area contributed by atoms with Gasteiger partial charge in [0.25, 0.3) is 0 Å². The van der Waals surface area contributed by atoms with Crippen LogP contribution in [0.4, 0.5) is 0 Å². The van der Waals surface area contributed by atoms with Crippen molar-refractivity contribution in [3.63, 3.8) is 0 Å². The largest absolute Gasteiger partial charge is 0.469 e. The van der Waals surface area contributed by atoms with E-state index in [0.717, 1.165) is 29.4 Å². The molecule has 4 nitrogen and oxygen atoms in total. The summed E-state index contributed by atoms with van der Waals surface area (Å²) in [4.78, 5) is 5.75. The highest BCUT2D eigenvalue weighted by molar-refractivity contribution is 7.15. The Kier molecular flexibility index (Phi) is 3.12. The van der Waals surface area contributed by atoms with Crippen LogP contribution in [0.1, 0.15) is 47.3 Å². The van der Waals surface area contributed by atoms with E-state index in [1.807, 2.05) is 6.26 Å². The molecule has 0 radical (unpaired) electrons. The maximum absolute atomic E-state index is 5.57. The van der Waals surface area contributed by atoms with Crippen LogP contribution in [0.2, 0.25) is 0 Å². The van der Waals surface area contributed by atoms with E-state index in [2.05, 4.69) is 40.0 Å². The Labute approximate surface area is 127 Å². The number of aromatic nitrogens is 2. The van der Waals surface area contributed by atoms with Gasteiger partial charge in [0.15, 0.2) is 4.96 Å². The molecular weight excluding hydrogens is 282 g/mol. The van der Waals surface area contributed by atoms with Crippen molar-refractivity contribution in [3.05, 3.63) is 46.1 Å². The molecular formula is C16H19N3OS. The first-order chi connectivity index (χ1) is 10.2. The molecule has 0 amide bonds. The molecule has 0 aromatic carbocycles. The molecule has 4 rings (SSSR count). The molecule has 1 N–H and O–H groups in total. The summed E-state index contributed by atoms with van der Waals surface area (Å²) in [6, 6.07) is 2.51. The normalized spacial score (nSPS) is 18.3. The SMILES string of the molecule is Cc1nc2scc(C)n2c1CNC1CCCc2occc21. The Balaban J connectivity index is 1.60. The molecule has 5 heteroatoms. The Hall–Kier alpha value is -1.59. The average Bonchev–Trinajstić information content (AvgIpc) is 3.15. The number of nitrogens with zero attached hydrogens (tertiary/aromatic N) is 2. The van der Waals surface area contributed by atoms with Crippen molar-refractivity contribution < 1.29 is 4.42 Å². The van der Waals surface area contributed by atoms with Gasteiger partial charge in [-0.15, -0.1) is 11.3 Å². The molecule has 0 saturated carbocycles. The van der Waals surface area contributed by atoms with Crippen LogP contribution in [-0.4, -0.2) is 9.38 Å². The Morgan fingerprint density at radius 1 is 1.48 bits per heavy atom. The van der Waals surface area contributed by atoms with Crippen molar-refractivity contribution in [1.82, 2.24) is 14.7 Å². The monoisotopic (exact) mass is 301 g/mol. The summed E-state index contributed by atoms with van der Waals surface area (Å²) in [7, 11) is 0. The molecule has 1 aliphatic carbocycles. The molecule has 21 heavy (non-hydrogen) atoms. The van der Waals surface area contributed by atoms with E-state index in [-0.39, 0.29) is 0 Å². The molecule has 3 aromatic rings. The molecule has 1 unspecified atom stereocenters. The maximum atomic E-state index is 5.57. The quantitative estimate of drug-likeness (QED) is 0.800. The number of aryl methyl sites for hydroxylation is 3. The van der Waals surface area contributed by atoms with Gasteiger partial charge >= 0.3 is 0 Å². The molecule has 0 spiro atoms.